The van der Waals surface area contributed by atoms with Crippen LogP contribution in [0.4, 0.5) is 4.39 Å². The van der Waals surface area contributed by atoms with Gasteiger partial charge in [0.15, 0.2) is 9.84 Å². The molecule has 0 unspecified atom stereocenters. The van der Waals surface area contributed by atoms with E-state index in [0.29, 0.717) is 11.1 Å². The van der Waals surface area contributed by atoms with E-state index in [1.54, 1.807) is 19.1 Å². The van der Waals surface area contributed by atoms with Crippen LogP contribution in [0.1, 0.15) is 18.4 Å². The van der Waals surface area contributed by atoms with Crippen LogP contribution in [0.2, 0.25) is 0 Å². The number of nitrogens with two attached hydrogens (primary N) is 1. The average molecular weight is 327 g/mol. The second-order valence-corrected chi connectivity index (χ2v) is 7.15. The van der Waals surface area contributed by atoms with Gasteiger partial charge in [-0.1, -0.05) is 17.3 Å². The molecule has 1 atom stereocenters. The maximum atomic E-state index is 13.5. The molecule has 0 radical (unpaired) electrons. The van der Waals surface area contributed by atoms with Gasteiger partial charge in [0, 0.05) is 5.56 Å². The summed E-state index contributed by atoms with van der Waals surface area (Å²) in [5.41, 5.74) is 5.80. The molecule has 9 heteroatoms. The summed E-state index contributed by atoms with van der Waals surface area (Å²) in [6.45, 7) is 2.79. The van der Waals surface area contributed by atoms with Gasteiger partial charge in [0.1, 0.15) is 16.8 Å². The van der Waals surface area contributed by atoms with Gasteiger partial charge < -0.3 is 10.3 Å². The molecule has 0 aliphatic carbocycles. The van der Waals surface area contributed by atoms with Crippen molar-refractivity contribution in [1.29, 1.82) is 0 Å². The molecule has 22 heavy (non-hydrogen) atoms. The maximum absolute atomic E-state index is 13.5. The maximum Gasteiger partial charge on any atom is 0.242 e. The zero-order valence-electron chi connectivity index (χ0n) is 11.9. The van der Waals surface area contributed by atoms with Crippen molar-refractivity contribution in [3.63, 3.8) is 0 Å². The lowest BCUT2D eigenvalue weighted by atomic mass is 10.1. The van der Waals surface area contributed by atoms with E-state index in [4.69, 9.17) is 10.3 Å². The fourth-order valence-electron chi connectivity index (χ4n) is 1.64. The van der Waals surface area contributed by atoms with Gasteiger partial charge in [0.2, 0.25) is 17.6 Å². The molecule has 1 aromatic carbocycles. The van der Waals surface area contributed by atoms with E-state index in [-0.39, 0.29) is 11.7 Å². The first kappa shape index (κ1) is 16.1. The minimum atomic E-state index is -3.84. The molecule has 0 aliphatic rings. The molecule has 2 rings (SSSR count). The molecule has 1 heterocycles. The topological polar surface area (TPSA) is 116 Å². The molecule has 0 bridgehead atoms. The number of nitrogens with zero attached hydrogens (tertiary/aromatic N) is 2. The summed E-state index contributed by atoms with van der Waals surface area (Å²) < 4.78 is 42.1. The highest BCUT2D eigenvalue weighted by Gasteiger charge is 2.28. The largest absolute Gasteiger partial charge is 0.369 e. The minimum Gasteiger partial charge on any atom is -0.369 e. The number of benzene rings is 1. The first-order valence-electron chi connectivity index (χ1n) is 6.30. The zero-order chi connectivity index (χ0) is 16.5. The normalized spacial score (nSPS) is 13.0. The molecule has 2 aromatic rings. The number of aromatic nitrogens is 2. The summed E-state index contributed by atoms with van der Waals surface area (Å²) in [6, 6.07) is 4.37. The molecule has 0 aliphatic heterocycles. The lowest BCUT2D eigenvalue weighted by Gasteiger charge is -2.06. The molecular weight excluding hydrogens is 313 g/mol. The lowest BCUT2D eigenvalue weighted by molar-refractivity contribution is -0.117. The molecule has 1 amide bonds. The van der Waals surface area contributed by atoms with Gasteiger partial charge in [-0.15, -0.1) is 0 Å². The van der Waals surface area contributed by atoms with Crippen molar-refractivity contribution in [2.24, 2.45) is 5.73 Å². The van der Waals surface area contributed by atoms with Crippen molar-refractivity contribution in [1.82, 2.24) is 10.1 Å². The third kappa shape index (κ3) is 3.30. The summed E-state index contributed by atoms with van der Waals surface area (Å²) in [4.78, 5) is 14.9. The lowest BCUT2D eigenvalue weighted by Crippen LogP contribution is -2.34. The van der Waals surface area contributed by atoms with Crippen LogP contribution in [-0.2, 0) is 20.4 Å². The number of sulfone groups is 1. The molecule has 0 saturated heterocycles. The van der Waals surface area contributed by atoms with Gasteiger partial charge >= 0.3 is 0 Å². The van der Waals surface area contributed by atoms with Crippen LogP contribution in [0.15, 0.2) is 22.7 Å². The number of amides is 1. The van der Waals surface area contributed by atoms with Gasteiger partial charge in [-0.3, -0.25) is 4.79 Å². The molecule has 0 saturated carbocycles. The highest BCUT2D eigenvalue weighted by atomic mass is 32.2. The van der Waals surface area contributed by atoms with E-state index in [0.717, 1.165) is 0 Å². The number of primary amides is 1. The number of hydrogen-bond acceptors (Lipinski definition) is 6. The fraction of sp³-hybridized carbons (Fsp3) is 0.308. The van der Waals surface area contributed by atoms with E-state index in [2.05, 4.69) is 10.1 Å². The van der Waals surface area contributed by atoms with Gasteiger partial charge in [0.25, 0.3) is 0 Å². The first-order chi connectivity index (χ1) is 10.2. The van der Waals surface area contributed by atoms with E-state index < -0.39 is 32.6 Å². The average Bonchev–Trinajstić information content (AvgIpc) is 2.88. The Morgan fingerprint density at radius 3 is 2.73 bits per heavy atom. The van der Waals surface area contributed by atoms with Crippen molar-refractivity contribution in [3.8, 4) is 11.4 Å². The van der Waals surface area contributed by atoms with E-state index in [1.165, 1.54) is 13.0 Å². The number of aryl methyl sites for hydroxylation is 1. The van der Waals surface area contributed by atoms with E-state index in [1.807, 2.05) is 0 Å². The Balaban J connectivity index is 2.25. The second kappa shape index (κ2) is 5.84. The van der Waals surface area contributed by atoms with Crippen LogP contribution in [0.25, 0.3) is 11.4 Å². The van der Waals surface area contributed by atoms with Crippen molar-refractivity contribution in [2.45, 2.75) is 24.9 Å². The Morgan fingerprint density at radius 2 is 2.14 bits per heavy atom. The number of rotatable bonds is 5. The van der Waals surface area contributed by atoms with E-state index in [9.17, 15) is 17.6 Å². The van der Waals surface area contributed by atoms with Crippen LogP contribution in [-0.4, -0.2) is 29.7 Å². The highest BCUT2D eigenvalue weighted by molar-refractivity contribution is 7.91. The molecule has 7 nitrogen and oxygen atoms in total. The number of halogens is 1. The van der Waals surface area contributed by atoms with Crippen molar-refractivity contribution in [3.05, 3.63) is 35.5 Å². The monoisotopic (exact) mass is 327 g/mol. The van der Waals surface area contributed by atoms with Crippen LogP contribution in [0.5, 0.6) is 0 Å². The van der Waals surface area contributed by atoms with Crippen LogP contribution >= 0.6 is 0 Å². The highest BCUT2D eigenvalue weighted by Crippen LogP contribution is 2.20. The van der Waals surface area contributed by atoms with Crippen LogP contribution < -0.4 is 5.73 Å². The Labute approximate surface area is 126 Å². The Bertz CT molecular complexity index is 816. The Kier molecular flexibility index (Phi) is 4.27. The predicted molar refractivity (Wildman–Crippen MR) is 75.7 cm³/mol. The molecule has 0 fully saturated rings. The second-order valence-electron chi connectivity index (χ2n) is 4.83. The van der Waals surface area contributed by atoms with Gasteiger partial charge in [-0.25, -0.2) is 12.8 Å². The van der Waals surface area contributed by atoms with Gasteiger partial charge in [-0.2, -0.15) is 4.98 Å². The summed E-state index contributed by atoms with van der Waals surface area (Å²) >= 11 is 0. The first-order valence-corrected chi connectivity index (χ1v) is 8.02. The molecule has 2 N–H and O–H groups in total. The quantitative estimate of drug-likeness (QED) is 0.874. The van der Waals surface area contributed by atoms with Gasteiger partial charge in [0.05, 0.1) is 0 Å². The summed E-state index contributed by atoms with van der Waals surface area (Å²) in [6.07, 6.45) is 0. The molecular formula is C13H14FN3O4S. The smallest absolute Gasteiger partial charge is 0.242 e. The number of carbonyl (C=O) groups excluding carboxylic acids is 1. The fourth-order valence-corrected chi connectivity index (χ4v) is 2.70. The summed E-state index contributed by atoms with van der Waals surface area (Å²) in [5.74, 6) is -2.13. The van der Waals surface area contributed by atoms with Crippen LogP contribution in [0, 0.1) is 12.7 Å². The molecule has 118 valence electrons. The number of hydrogen-bond donors (Lipinski definition) is 1. The van der Waals surface area contributed by atoms with Gasteiger partial charge in [-0.05, 0) is 25.5 Å². The van der Waals surface area contributed by atoms with Crippen LogP contribution in [0.3, 0.4) is 0 Å². The Hall–Kier alpha value is -2.29. The van der Waals surface area contributed by atoms with E-state index >= 15 is 0 Å². The summed E-state index contributed by atoms with van der Waals surface area (Å²) in [7, 11) is -3.84. The standard InChI is InChI=1S/C13H14FN3O4S/c1-7-3-4-9(5-10(7)14)13-16-11(21-17-13)6-22(19,20)8(2)12(15)18/h3-5,8H,6H2,1-2H3,(H2,15,18)/t8-/m0/s1. The summed E-state index contributed by atoms with van der Waals surface area (Å²) in [5, 5.41) is 2.25. The molecule has 0 spiro atoms. The zero-order valence-corrected chi connectivity index (χ0v) is 12.7. The number of carbonyl (C=O) groups is 1. The SMILES string of the molecule is Cc1ccc(-c2noc(CS(=O)(=O)[C@@H](C)C(N)=O)n2)cc1F. The van der Waals surface area contributed by atoms with Crippen molar-refractivity contribution < 1.29 is 22.1 Å². The van der Waals surface area contributed by atoms with Crippen molar-refractivity contribution >= 4 is 15.7 Å². The third-order valence-corrected chi connectivity index (χ3v) is 5.12. The Morgan fingerprint density at radius 1 is 1.45 bits per heavy atom. The molecule has 1 aromatic heterocycles. The third-order valence-electron chi connectivity index (χ3n) is 3.16. The predicted octanol–water partition coefficient (Wildman–Crippen LogP) is 0.973. The minimum absolute atomic E-state index is 0.0656. The van der Waals surface area contributed by atoms with Crippen molar-refractivity contribution in [2.75, 3.05) is 0 Å².